The topological polar surface area (TPSA) is 39.7 Å². The summed E-state index contributed by atoms with van der Waals surface area (Å²) in [6, 6.07) is 11.3. The molecule has 1 aromatic rings. The number of hydrogen-bond acceptors (Lipinski definition) is 4. The minimum Gasteiger partial charge on any atom is -0.394 e. The van der Waals surface area contributed by atoms with E-state index >= 15 is 0 Å². The van der Waals surface area contributed by atoms with E-state index in [2.05, 4.69) is 31.3 Å². The van der Waals surface area contributed by atoms with Crippen LogP contribution in [0.1, 0.15) is 26.7 Å². The SMILES string of the molecule is CO[Si](CCCNCCCOC(C)C)(OC)c1ccccc1. The van der Waals surface area contributed by atoms with Crippen molar-refractivity contribution in [3.05, 3.63) is 30.3 Å². The summed E-state index contributed by atoms with van der Waals surface area (Å²) in [5.41, 5.74) is 0. The molecule has 1 aromatic carbocycles. The van der Waals surface area contributed by atoms with Crippen molar-refractivity contribution in [2.75, 3.05) is 33.9 Å². The molecule has 22 heavy (non-hydrogen) atoms. The highest BCUT2D eigenvalue weighted by molar-refractivity contribution is 6.81. The van der Waals surface area contributed by atoms with Crippen LogP contribution in [0.25, 0.3) is 0 Å². The van der Waals surface area contributed by atoms with Crippen molar-refractivity contribution in [3.8, 4) is 0 Å². The van der Waals surface area contributed by atoms with Crippen molar-refractivity contribution in [1.29, 1.82) is 0 Å². The number of ether oxygens (including phenoxy) is 1. The van der Waals surface area contributed by atoms with Crippen LogP contribution in [0.15, 0.2) is 30.3 Å². The fourth-order valence-electron chi connectivity index (χ4n) is 2.45. The van der Waals surface area contributed by atoms with Crippen molar-refractivity contribution in [1.82, 2.24) is 5.32 Å². The summed E-state index contributed by atoms with van der Waals surface area (Å²) >= 11 is 0. The Bertz CT molecular complexity index is 383. The van der Waals surface area contributed by atoms with Gasteiger partial charge in [-0.3, -0.25) is 0 Å². The lowest BCUT2D eigenvalue weighted by molar-refractivity contribution is 0.0771. The Morgan fingerprint density at radius 1 is 1.00 bits per heavy atom. The molecule has 0 aliphatic rings. The third kappa shape index (κ3) is 6.58. The summed E-state index contributed by atoms with van der Waals surface area (Å²) in [6.07, 6.45) is 2.42. The molecule has 0 aliphatic carbocycles. The molecule has 0 radical (unpaired) electrons. The molecule has 1 N–H and O–H groups in total. The molecule has 0 aliphatic heterocycles. The van der Waals surface area contributed by atoms with Crippen LogP contribution in [0.5, 0.6) is 0 Å². The van der Waals surface area contributed by atoms with Gasteiger partial charge in [0.05, 0.1) is 6.10 Å². The molecule has 4 nitrogen and oxygen atoms in total. The van der Waals surface area contributed by atoms with E-state index in [0.29, 0.717) is 6.10 Å². The number of rotatable bonds is 12. The second-order valence-electron chi connectivity index (χ2n) is 5.65. The van der Waals surface area contributed by atoms with Crippen LogP contribution in [-0.2, 0) is 13.6 Å². The fraction of sp³-hybridized carbons (Fsp3) is 0.647. The van der Waals surface area contributed by atoms with Crippen LogP contribution in [0.4, 0.5) is 0 Å². The third-order valence-electron chi connectivity index (χ3n) is 3.68. The Hall–Kier alpha value is -0.723. The minimum atomic E-state index is -2.27. The molecule has 0 heterocycles. The molecule has 5 heteroatoms. The molecule has 0 amide bonds. The van der Waals surface area contributed by atoms with Gasteiger partial charge < -0.3 is 18.9 Å². The summed E-state index contributed by atoms with van der Waals surface area (Å²) in [6.45, 7) is 6.93. The van der Waals surface area contributed by atoms with E-state index in [4.69, 9.17) is 13.6 Å². The Kier molecular flexibility index (Phi) is 9.59. The maximum absolute atomic E-state index is 5.81. The number of hydrogen-bond donors (Lipinski definition) is 1. The largest absolute Gasteiger partial charge is 0.394 e. The van der Waals surface area contributed by atoms with Gasteiger partial charge in [0.2, 0.25) is 0 Å². The van der Waals surface area contributed by atoms with Crippen LogP contribution in [0, 0.1) is 0 Å². The van der Waals surface area contributed by atoms with Gasteiger partial charge in [0.15, 0.2) is 0 Å². The highest BCUT2D eigenvalue weighted by Gasteiger charge is 2.37. The molecule has 0 aromatic heterocycles. The number of nitrogens with one attached hydrogen (secondary N) is 1. The lowest BCUT2D eigenvalue weighted by Crippen LogP contribution is -2.52. The molecule has 0 bridgehead atoms. The van der Waals surface area contributed by atoms with Gasteiger partial charge >= 0.3 is 8.56 Å². The highest BCUT2D eigenvalue weighted by Crippen LogP contribution is 2.14. The predicted octanol–water partition coefficient (Wildman–Crippen LogP) is 2.42. The molecule has 1 rings (SSSR count). The minimum absolute atomic E-state index is 0.320. The van der Waals surface area contributed by atoms with Crippen LogP contribution in [0.2, 0.25) is 6.04 Å². The lowest BCUT2D eigenvalue weighted by Gasteiger charge is -2.27. The van der Waals surface area contributed by atoms with Crippen molar-refractivity contribution >= 4 is 13.7 Å². The van der Waals surface area contributed by atoms with Gasteiger partial charge in [0.25, 0.3) is 0 Å². The quantitative estimate of drug-likeness (QED) is 0.473. The fourth-order valence-corrected chi connectivity index (χ4v) is 5.12. The molecule has 0 atom stereocenters. The summed E-state index contributed by atoms with van der Waals surface area (Å²) < 4.78 is 17.1. The van der Waals surface area contributed by atoms with Gasteiger partial charge in [-0.05, 0) is 51.0 Å². The molecular weight excluding hydrogens is 294 g/mol. The summed E-state index contributed by atoms with van der Waals surface area (Å²) in [7, 11) is 1.25. The van der Waals surface area contributed by atoms with Gasteiger partial charge in [0, 0.05) is 20.8 Å². The van der Waals surface area contributed by atoms with Gasteiger partial charge in [-0.25, -0.2) is 0 Å². The van der Waals surface area contributed by atoms with Crippen molar-refractivity contribution in [2.45, 2.75) is 38.8 Å². The molecule has 0 spiro atoms. The molecule has 0 fully saturated rings. The lowest BCUT2D eigenvalue weighted by atomic mass is 10.4. The second kappa shape index (κ2) is 10.9. The zero-order chi connectivity index (χ0) is 16.3. The second-order valence-corrected chi connectivity index (χ2v) is 9.05. The smallest absolute Gasteiger partial charge is 0.372 e. The zero-order valence-corrected chi connectivity index (χ0v) is 15.4. The molecule has 0 unspecified atom stereocenters. The molecule has 126 valence electrons. The Morgan fingerprint density at radius 3 is 2.23 bits per heavy atom. The van der Waals surface area contributed by atoms with Crippen LogP contribution in [0.3, 0.4) is 0 Å². The Balaban J connectivity index is 2.28. The zero-order valence-electron chi connectivity index (χ0n) is 14.4. The molecule has 0 saturated carbocycles. The van der Waals surface area contributed by atoms with Crippen LogP contribution in [-0.4, -0.2) is 48.6 Å². The third-order valence-corrected chi connectivity index (χ3v) is 7.23. The van der Waals surface area contributed by atoms with E-state index in [-0.39, 0.29) is 0 Å². The first kappa shape index (κ1) is 19.3. The summed E-state index contributed by atoms with van der Waals surface area (Å²) in [5.74, 6) is 0. The van der Waals surface area contributed by atoms with E-state index in [1.165, 1.54) is 5.19 Å². The predicted molar refractivity (Wildman–Crippen MR) is 93.8 cm³/mol. The number of benzene rings is 1. The first-order valence-corrected chi connectivity index (χ1v) is 10.1. The van der Waals surface area contributed by atoms with Gasteiger partial charge in [0.1, 0.15) is 0 Å². The normalized spacial score (nSPS) is 12.0. The molecule has 0 saturated heterocycles. The van der Waals surface area contributed by atoms with Crippen molar-refractivity contribution in [2.24, 2.45) is 0 Å². The van der Waals surface area contributed by atoms with E-state index in [9.17, 15) is 0 Å². The maximum Gasteiger partial charge on any atom is 0.372 e. The molecular formula is C17H31NO3Si. The van der Waals surface area contributed by atoms with Crippen LogP contribution >= 0.6 is 0 Å². The van der Waals surface area contributed by atoms with E-state index in [1.807, 2.05) is 18.2 Å². The standard InChI is InChI=1S/C17H31NO3Si/c1-16(2)21-14-8-12-18-13-9-15-22(19-3,20-4)17-10-6-5-7-11-17/h5-7,10-11,16,18H,8-9,12-15H2,1-4H3. The average Bonchev–Trinajstić information content (AvgIpc) is 2.54. The average molecular weight is 326 g/mol. The van der Waals surface area contributed by atoms with Gasteiger partial charge in [-0.15, -0.1) is 0 Å². The van der Waals surface area contributed by atoms with Gasteiger partial charge in [-0.2, -0.15) is 0 Å². The van der Waals surface area contributed by atoms with E-state index < -0.39 is 8.56 Å². The Labute approximate surface area is 136 Å². The Morgan fingerprint density at radius 2 is 1.64 bits per heavy atom. The van der Waals surface area contributed by atoms with E-state index in [0.717, 1.165) is 38.6 Å². The summed E-state index contributed by atoms with van der Waals surface area (Å²) in [5, 5.41) is 4.66. The highest BCUT2D eigenvalue weighted by atomic mass is 28.4. The monoisotopic (exact) mass is 325 g/mol. The van der Waals surface area contributed by atoms with E-state index in [1.54, 1.807) is 14.2 Å². The van der Waals surface area contributed by atoms with Crippen molar-refractivity contribution in [3.63, 3.8) is 0 Å². The van der Waals surface area contributed by atoms with Gasteiger partial charge in [-0.1, -0.05) is 30.3 Å². The summed E-state index contributed by atoms with van der Waals surface area (Å²) in [4.78, 5) is 0. The van der Waals surface area contributed by atoms with Crippen molar-refractivity contribution < 1.29 is 13.6 Å². The first-order chi connectivity index (χ1) is 10.6. The van der Waals surface area contributed by atoms with Crippen LogP contribution < -0.4 is 10.5 Å². The first-order valence-electron chi connectivity index (χ1n) is 8.13. The maximum atomic E-state index is 5.81.